The van der Waals surface area contributed by atoms with Gasteiger partial charge in [0.1, 0.15) is 5.75 Å². The summed E-state index contributed by atoms with van der Waals surface area (Å²) in [6, 6.07) is 11.0. The molecule has 132 valence electrons. The van der Waals surface area contributed by atoms with Gasteiger partial charge in [-0.3, -0.25) is 6.92 Å². The zero-order valence-corrected chi connectivity index (χ0v) is 18.4. The van der Waals surface area contributed by atoms with Gasteiger partial charge in [-0.1, -0.05) is 51.0 Å². The summed E-state index contributed by atoms with van der Waals surface area (Å²) in [5.74, 6) is 1.39. The van der Waals surface area contributed by atoms with Crippen LogP contribution in [0.3, 0.4) is 0 Å². The van der Waals surface area contributed by atoms with Gasteiger partial charge in [0.25, 0.3) is 0 Å². The van der Waals surface area contributed by atoms with Gasteiger partial charge >= 0.3 is 21.1 Å². The Morgan fingerprint density at radius 1 is 1.12 bits per heavy atom. The summed E-state index contributed by atoms with van der Waals surface area (Å²) in [6.07, 6.45) is 0.863. The van der Waals surface area contributed by atoms with E-state index in [1.165, 1.54) is 5.56 Å². The SMILES string of the molecule is [CH2-]C(C)(COc1ccc(C)cc1)Oc1[c-]c(C)c(C=O)c(C)c1C.[W+2]. The number of carbonyl (C=O) groups is 1. The van der Waals surface area contributed by atoms with E-state index < -0.39 is 5.60 Å². The minimum absolute atomic E-state index is 0. The molecule has 0 bridgehead atoms. The van der Waals surface area contributed by atoms with Crippen LogP contribution in [-0.4, -0.2) is 18.5 Å². The van der Waals surface area contributed by atoms with Gasteiger partial charge in [0.05, 0.1) is 12.9 Å². The summed E-state index contributed by atoms with van der Waals surface area (Å²) in [7, 11) is 0. The van der Waals surface area contributed by atoms with Crippen molar-refractivity contribution in [1.82, 2.24) is 0 Å². The molecule has 0 N–H and O–H groups in total. The van der Waals surface area contributed by atoms with Crippen LogP contribution in [0.4, 0.5) is 0 Å². The third-order valence-electron chi connectivity index (χ3n) is 4.04. The van der Waals surface area contributed by atoms with Crippen molar-refractivity contribution in [1.29, 1.82) is 0 Å². The summed E-state index contributed by atoms with van der Waals surface area (Å²) in [4.78, 5) is 11.2. The molecule has 1 atom stereocenters. The Morgan fingerprint density at radius 2 is 1.72 bits per heavy atom. The zero-order chi connectivity index (χ0) is 17.9. The van der Waals surface area contributed by atoms with Crippen LogP contribution in [0.1, 0.15) is 39.5 Å². The van der Waals surface area contributed by atoms with E-state index in [1.807, 2.05) is 58.9 Å². The Hall–Kier alpha value is -1.60. The van der Waals surface area contributed by atoms with Gasteiger partial charge in [0.15, 0.2) is 0 Å². The van der Waals surface area contributed by atoms with Crippen molar-refractivity contribution in [3.8, 4) is 11.5 Å². The number of aryl methyl sites for hydroxylation is 2. The standard InChI is InChI=1S/C21H24O3.W/c1-14-7-9-18(10-8-14)23-13-21(5,6)24-20-11-15(2)19(12-22)16(3)17(20)4;/h7-10,12H,5,13H2,1-4,6H3;/q-2;+2. The summed E-state index contributed by atoms with van der Waals surface area (Å²) < 4.78 is 11.8. The van der Waals surface area contributed by atoms with Crippen LogP contribution in [0.25, 0.3) is 0 Å². The minimum atomic E-state index is -0.770. The molecular formula is C21H24O3W. The van der Waals surface area contributed by atoms with E-state index in [0.29, 0.717) is 17.9 Å². The monoisotopic (exact) mass is 508 g/mol. The third kappa shape index (κ3) is 5.44. The van der Waals surface area contributed by atoms with Crippen molar-refractivity contribution in [2.45, 2.75) is 40.2 Å². The van der Waals surface area contributed by atoms with Gasteiger partial charge in [0, 0.05) is 11.4 Å². The summed E-state index contributed by atoms with van der Waals surface area (Å²) in [5.41, 5.74) is 3.66. The normalized spacial score (nSPS) is 12.7. The summed E-state index contributed by atoms with van der Waals surface area (Å²) >= 11 is 0. The van der Waals surface area contributed by atoms with E-state index in [2.05, 4.69) is 13.0 Å². The van der Waals surface area contributed by atoms with Gasteiger partial charge < -0.3 is 14.3 Å². The molecule has 2 aromatic rings. The molecular weight excluding hydrogens is 484 g/mol. The van der Waals surface area contributed by atoms with Gasteiger partial charge in [-0.05, 0) is 19.1 Å². The van der Waals surface area contributed by atoms with Crippen molar-refractivity contribution in [3.05, 3.63) is 65.1 Å². The molecule has 0 fully saturated rings. The fourth-order valence-corrected chi connectivity index (χ4v) is 2.41. The molecule has 1 unspecified atom stereocenters. The largest absolute Gasteiger partial charge is 2.00 e. The number of aldehydes is 1. The van der Waals surface area contributed by atoms with Crippen molar-refractivity contribution in [3.63, 3.8) is 0 Å². The van der Waals surface area contributed by atoms with Gasteiger partial charge in [-0.15, -0.1) is 17.2 Å². The first-order chi connectivity index (χ1) is 11.2. The molecule has 0 saturated carbocycles. The van der Waals surface area contributed by atoms with Crippen molar-refractivity contribution in [2.24, 2.45) is 0 Å². The van der Waals surface area contributed by atoms with Crippen molar-refractivity contribution >= 4 is 6.29 Å². The van der Waals surface area contributed by atoms with Crippen LogP contribution in [0, 0.1) is 40.7 Å². The fourth-order valence-electron chi connectivity index (χ4n) is 2.41. The number of hydrogen-bond donors (Lipinski definition) is 0. The average Bonchev–Trinajstić information content (AvgIpc) is 2.52. The van der Waals surface area contributed by atoms with Crippen LogP contribution < -0.4 is 9.47 Å². The molecule has 2 aromatic carbocycles. The molecule has 0 aliphatic rings. The van der Waals surface area contributed by atoms with E-state index in [-0.39, 0.29) is 21.1 Å². The Morgan fingerprint density at radius 3 is 2.28 bits per heavy atom. The van der Waals surface area contributed by atoms with E-state index >= 15 is 0 Å². The minimum Gasteiger partial charge on any atom is -0.541 e. The smallest absolute Gasteiger partial charge is 0.541 e. The van der Waals surface area contributed by atoms with Gasteiger partial charge in [-0.2, -0.15) is 5.56 Å². The number of ether oxygens (including phenoxy) is 2. The zero-order valence-electron chi connectivity index (χ0n) is 15.4. The topological polar surface area (TPSA) is 35.5 Å². The van der Waals surface area contributed by atoms with Crippen molar-refractivity contribution < 1.29 is 35.3 Å². The maximum absolute atomic E-state index is 11.2. The summed E-state index contributed by atoms with van der Waals surface area (Å²) in [5, 5.41) is 0. The number of benzene rings is 2. The predicted octanol–water partition coefficient (Wildman–Crippen LogP) is 4.58. The second kappa shape index (κ2) is 8.67. The Kier molecular flexibility index (Phi) is 7.43. The predicted molar refractivity (Wildman–Crippen MR) is 95.9 cm³/mol. The Balaban J connectivity index is 0.00000312. The average molecular weight is 508 g/mol. The number of hydrogen-bond acceptors (Lipinski definition) is 3. The molecule has 0 radical (unpaired) electrons. The quantitative estimate of drug-likeness (QED) is 0.424. The van der Waals surface area contributed by atoms with Gasteiger partial charge in [0.2, 0.25) is 0 Å². The Labute approximate surface area is 165 Å². The maximum atomic E-state index is 11.2. The third-order valence-corrected chi connectivity index (χ3v) is 4.04. The number of rotatable bonds is 6. The molecule has 0 aromatic heterocycles. The molecule has 2 rings (SSSR count). The molecule has 0 amide bonds. The van der Waals surface area contributed by atoms with Crippen LogP contribution in [0.5, 0.6) is 11.5 Å². The molecule has 0 aliphatic carbocycles. The fraction of sp³-hybridized carbons (Fsp3) is 0.333. The molecule has 0 aliphatic heterocycles. The first-order valence-electron chi connectivity index (χ1n) is 7.95. The van der Waals surface area contributed by atoms with Crippen molar-refractivity contribution in [2.75, 3.05) is 6.61 Å². The summed E-state index contributed by atoms with van der Waals surface area (Å²) in [6.45, 7) is 14.0. The van der Waals surface area contributed by atoms with E-state index in [0.717, 1.165) is 28.7 Å². The molecule has 25 heavy (non-hydrogen) atoms. The molecule has 0 spiro atoms. The first-order valence-corrected chi connectivity index (χ1v) is 7.95. The molecule has 0 saturated heterocycles. The number of carbonyl (C=O) groups excluding carboxylic acids is 1. The van der Waals surface area contributed by atoms with E-state index in [9.17, 15) is 4.79 Å². The molecule has 0 heterocycles. The van der Waals surface area contributed by atoms with Crippen LogP contribution in [0.2, 0.25) is 0 Å². The van der Waals surface area contributed by atoms with Gasteiger partial charge in [-0.25, -0.2) is 0 Å². The van der Waals surface area contributed by atoms with E-state index in [4.69, 9.17) is 9.47 Å². The first kappa shape index (κ1) is 21.4. The second-order valence-electron chi connectivity index (χ2n) is 6.51. The molecule has 4 heteroatoms. The van der Waals surface area contributed by atoms with E-state index in [1.54, 1.807) is 0 Å². The second-order valence-corrected chi connectivity index (χ2v) is 6.51. The maximum Gasteiger partial charge on any atom is 2.00 e. The van der Waals surface area contributed by atoms with Crippen LogP contribution in [-0.2, 0) is 21.1 Å². The molecule has 3 nitrogen and oxygen atoms in total. The van der Waals surface area contributed by atoms with Crippen LogP contribution >= 0.6 is 0 Å². The Bertz CT molecular complexity index is 734. The van der Waals surface area contributed by atoms with Crippen LogP contribution in [0.15, 0.2) is 24.3 Å².